The van der Waals surface area contributed by atoms with Crippen molar-refractivity contribution in [2.45, 2.75) is 26.3 Å². The Bertz CT molecular complexity index is 961. The normalized spacial score (nSPS) is 13.7. The van der Waals surface area contributed by atoms with Gasteiger partial charge in [-0.15, -0.1) is 0 Å². The zero-order valence-corrected chi connectivity index (χ0v) is 15.8. The van der Waals surface area contributed by atoms with Gasteiger partial charge in [0, 0.05) is 17.8 Å². The van der Waals surface area contributed by atoms with Crippen molar-refractivity contribution in [2.24, 2.45) is 0 Å². The molecule has 0 saturated carbocycles. The molecule has 2 aromatic rings. The second-order valence-corrected chi connectivity index (χ2v) is 8.29. The molecule has 0 aromatic heterocycles. The smallest absolute Gasteiger partial charge is 0.255 e. The van der Waals surface area contributed by atoms with E-state index in [4.69, 9.17) is 0 Å². The highest BCUT2D eigenvalue weighted by Crippen LogP contribution is 2.25. The largest absolute Gasteiger partial charge is 0.319 e. The molecule has 144 valence electrons. The van der Waals surface area contributed by atoms with Gasteiger partial charge in [0.1, 0.15) is 5.82 Å². The maximum Gasteiger partial charge on any atom is 0.255 e. The minimum absolute atomic E-state index is 0.00137. The fourth-order valence-corrected chi connectivity index (χ4v) is 4.17. The number of carbonyl (C=O) groups is 1. The Kier molecular flexibility index (Phi) is 5.76. The van der Waals surface area contributed by atoms with Crippen LogP contribution in [0.25, 0.3) is 0 Å². The minimum atomic E-state index is -3.45. The number of anilines is 2. The zero-order chi connectivity index (χ0) is 19.4. The van der Waals surface area contributed by atoms with E-state index in [1.165, 1.54) is 6.07 Å². The Balaban J connectivity index is 1.78. The summed E-state index contributed by atoms with van der Waals surface area (Å²) in [7, 11) is -3.45. The van der Waals surface area contributed by atoms with E-state index in [1.54, 1.807) is 37.3 Å². The van der Waals surface area contributed by atoms with Crippen LogP contribution in [-0.4, -0.2) is 26.6 Å². The number of carbonyl (C=O) groups excluding carboxylic acids is 1. The van der Waals surface area contributed by atoms with Gasteiger partial charge in [0.25, 0.3) is 5.91 Å². The molecule has 3 rings (SSSR count). The summed E-state index contributed by atoms with van der Waals surface area (Å²) in [5.41, 5.74) is 2.17. The lowest BCUT2D eigenvalue weighted by molar-refractivity contribution is 0.102. The summed E-state index contributed by atoms with van der Waals surface area (Å²) in [4.78, 5) is 12.5. The van der Waals surface area contributed by atoms with Gasteiger partial charge in [-0.2, -0.15) is 0 Å². The van der Waals surface area contributed by atoms with Gasteiger partial charge < -0.3 is 10.6 Å². The average Bonchev–Trinajstić information content (AvgIpc) is 2.64. The van der Waals surface area contributed by atoms with Crippen LogP contribution in [0.4, 0.5) is 15.8 Å². The Morgan fingerprint density at radius 3 is 2.85 bits per heavy atom. The lowest BCUT2D eigenvalue weighted by Crippen LogP contribution is -2.25. The zero-order valence-electron chi connectivity index (χ0n) is 15.0. The van der Waals surface area contributed by atoms with Crippen molar-refractivity contribution in [1.82, 2.24) is 5.32 Å². The van der Waals surface area contributed by atoms with Gasteiger partial charge in [0.15, 0.2) is 0 Å². The Morgan fingerprint density at radius 1 is 1.26 bits per heavy atom. The van der Waals surface area contributed by atoms with Crippen LogP contribution in [0.3, 0.4) is 0 Å². The van der Waals surface area contributed by atoms with E-state index in [-0.39, 0.29) is 17.0 Å². The van der Waals surface area contributed by atoms with E-state index in [2.05, 4.69) is 15.4 Å². The van der Waals surface area contributed by atoms with E-state index >= 15 is 0 Å². The predicted octanol–water partition coefficient (Wildman–Crippen LogP) is 2.88. The lowest BCUT2D eigenvalue weighted by Gasteiger charge is -2.19. The molecule has 2 aromatic carbocycles. The molecule has 6 nitrogen and oxygen atoms in total. The molecule has 3 N–H and O–H groups in total. The van der Waals surface area contributed by atoms with Crippen LogP contribution in [-0.2, 0) is 23.0 Å². The second kappa shape index (κ2) is 8.06. The number of hydrogen-bond acceptors (Lipinski definition) is 4. The predicted molar refractivity (Wildman–Crippen MR) is 104 cm³/mol. The van der Waals surface area contributed by atoms with Crippen molar-refractivity contribution in [3.63, 3.8) is 0 Å². The summed E-state index contributed by atoms with van der Waals surface area (Å²) in [5.74, 6) is -0.917. The van der Waals surface area contributed by atoms with Gasteiger partial charge in [-0.1, -0.05) is 19.1 Å². The Labute approximate surface area is 158 Å². The molecule has 1 amide bonds. The molecule has 0 spiro atoms. The highest BCUT2D eigenvalue weighted by molar-refractivity contribution is 7.92. The third-order valence-corrected chi connectivity index (χ3v) is 5.82. The number of rotatable bonds is 6. The number of hydrogen-bond donors (Lipinski definition) is 3. The molecule has 27 heavy (non-hydrogen) atoms. The summed E-state index contributed by atoms with van der Waals surface area (Å²) in [5, 5.41) is 5.76. The summed E-state index contributed by atoms with van der Waals surface area (Å²) in [6.45, 7) is 3.08. The maximum atomic E-state index is 14.7. The van der Waals surface area contributed by atoms with E-state index in [0.29, 0.717) is 37.2 Å². The van der Waals surface area contributed by atoms with E-state index in [1.807, 2.05) is 0 Å². The summed E-state index contributed by atoms with van der Waals surface area (Å²) in [6.07, 6.45) is 1.06. The van der Waals surface area contributed by atoms with Crippen LogP contribution >= 0.6 is 0 Å². The number of sulfonamides is 1. The van der Waals surface area contributed by atoms with Crippen LogP contribution in [0.2, 0.25) is 0 Å². The number of benzene rings is 2. The van der Waals surface area contributed by atoms with Gasteiger partial charge in [0.2, 0.25) is 10.0 Å². The number of nitrogens with one attached hydrogen (secondary N) is 3. The van der Waals surface area contributed by atoms with Crippen LogP contribution in [0, 0.1) is 5.82 Å². The molecule has 0 radical (unpaired) electrons. The first-order chi connectivity index (χ1) is 12.9. The molecule has 0 unspecified atom stereocenters. The van der Waals surface area contributed by atoms with Crippen LogP contribution < -0.4 is 15.4 Å². The quantitative estimate of drug-likeness (QED) is 0.707. The molecule has 0 atom stereocenters. The molecule has 0 aliphatic carbocycles. The Hall–Kier alpha value is -2.45. The molecule has 0 saturated heterocycles. The highest BCUT2D eigenvalue weighted by atomic mass is 32.2. The van der Waals surface area contributed by atoms with E-state index in [9.17, 15) is 17.6 Å². The van der Waals surface area contributed by atoms with Gasteiger partial charge in [-0.05, 0) is 54.8 Å². The van der Waals surface area contributed by atoms with Crippen molar-refractivity contribution >= 4 is 27.3 Å². The molecular weight excluding hydrogens is 369 g/mol. The van der Waals surface area contributed by atoms with Crippen molar-refractivity contribution < 1.29 is 17.6 Å². The first-order valence-corrected chi connectivity index (χ1v) is 10.5. The van der Waals surface area contributed by atoms with Crippen molar-refractivity contribution in [3.05, 3.63) is 58.9 Å². The SMILES string of the molecule is CCCS(=O)(=O)Nc1cccc(C(=O)Nc2ccc3c(c2F)CCNC3)c1. The van der Waals surface area contributed by atoms with Gasteiger partial charge >= 0.3 is 0 Å². The Morgan fingerprint density at radius 2 is 2.07 bits per heavy atom. The molecule has 8 heteroatoms. The first-order valence-electron chi connectivity index (χ1n) is 8.82. The van der Waals surface area contributed by atoms with Crippen molar-refractivity contribution in [2.75, 3.05) is 22.3 Å². The summed E-state index contributed by atoms with van der Waals surface area (Å²) < 4.78 is 40.9. The number of fused-ring (bicyclic) bond motifs is 1. The van der Waals surface area contributed by atoms with Crippen LogP contribution in [0.15, 0.2) is 36.4 Å². The highest BCUT2D eigenvalue weighted by Gasteiger charge is 2.18. The number of amides is 1. The minimum Gasteiger partial charge on any atom is -0.319 e. The second-order valence-electron chi connectivity index (χ2n) is 6.45. The monoisotopic (exact) mass is 391 g/mol. The van der Waals surface area contributed by atoms with E-state index in [0.717, 1.165) is 5.56 Å². The first kappa shape index (κ1) is 19.3. The lowest BCUT2D eigenvalue weighted by atomic mass is 9.99. The molecule has 1 aliphatic rings. The molecular formula is C19H22FN3O3S. The van der Waals surface area contributed by atoms with Crippen molar-refractivity contribution in [1.29, 1.82) is 0 Å². The molecule has 0 fully saturated rings. The fraction of sp³-hybridized carbons (Fsp3) is 0.316. The van der Waals surface area contributed by atoms with E-state index < -0.39 is 21.7 Å². The molecule has 0 bridgehead atoms. The van der Waals surface area contributed by atoms with Crippen LogP contribution in [0.1, 0.15) is 34.8 Å². The summed E-state index contributed by atoms with van der Waals surface area (Å²) in [6, 6.07) is 9.47. The maximum absolute atomic E-state index is 14.7. The fourth-order valence-electron chi connectivity index (χ4n) is 3.05. The van der Waals surface area contributed by atoms with Gasteiger partial charge in [-0.3, -0.25) is 9.52 Å². The topological polar surface area (TPSA) is 87.3 Å². The summed E-state index contributed by atoms with van der Waals surface area (Å²) >= 11 is 0. The van der Waals surface area contributed by atoms with Gasteiger partial charge in [0.05, 0.1) is 11.4 Å². The van der Waals surface area contributed by atoms with Gasteiger partial charge in [-0.25, -0.2) is 12.8 Å². The standard InChI is InChI=1S/C19H22FN3O3S/c1-2-10-27(25,26)23-15-5-3-4-13(11-15)19(24)22-17-7-6-14-12-21-9-8-16(14)18(17)20/h3-7,11,21,23H,2,8-10,12H2,1H3,(H,22,24). The average molecular weight is 391 g/mol. The molecule has 1 aliphatic heterocycles. The number of halogens is 1. The molecule has 1 heterocycles. The third-order valence-electron chi connectivity index (χ3n) is 4.33. The van der Waals surface area contributed by atoms with Crippen LogP contribution in [0.5, 0.6) is 0 Å². The van der Waals surface area contributed by atoms with Crippen molar-refractivity contribution in [3.8, 4) is 0 Å². The third kappa shape index (κ3) is 4.64.